The molecule has 0 radical (unpaired) electrons. The molecule has 3 heteroatoms. The second-order valence-corrected chi connectivity index (χ2v) is 3.40. The zero-order valence-electron chi connectivity index (χ0n) is 7.49. The normalized spacial score (nSPS) is 9.85. The van der Waals surface area contributed by atoms with E-state index < -0.39 is 0 Å². The molecular formula is C10H14N2S. The van der Waals surface area contributed by atoms with Crippen LogP contribution in [0.15, 0.2) is 30.3 Å². The number of nitrogens with one attached hydrogen (secondary N) is 1. The lowest BCUT2D eigenvalue weighted by Gasteiger charge is -2.02. The first kappa shape index (κ1) is 10.2. The van der Waals surface area contributed by atoms with E-state index in [-0.39, 0.29) is 0 Å². The van der Waals surface area contributed by atoms with Crippen LogP contribution in [0.4, 0.5) is 0 Å². The van der Waals surface area contributed by atoms with Gasteiger partial charge in [-0.05, 0) is 18.5 Å². The molecule has 70 valence electrons. The fourth-order valence-corrected chi connectivity index (χ4v) is 1.19. The fourth-order valence-electron chi connectivity index (χ4n) is 1.09. The molecule has 0 fully saturated rings. The molecule has 0 aliphatic carbocycles. The highest BCUT2D eigenvalue weighted by atomic mass is 32.1. The third-order valence-corrected chi connectivity index (χ3v) is 1.88. The van der Waals surface area contributed by atoms with E-state index in [2.05, 4.69) is 17.4 Å². The summed E-state index contributed by atoms with van der Waals surface area (Å²) in [5.74, 6) is 0. The molecule has 0 amide bonds. The molecule has 3 N–H and O–H groups in total. The average molecular weight is 194 g/mol. The summed E-state index contributed by atoms with van der Waals surface area (Å²) in [6.07, 6.45) is 1.02. The van der Waals surface area contributed by atoms with Crippen molar-refractivity contribution >= 4 is 17.2 Å². The molecule has 0 aliphatic rings. The molecule has 0 aromatic heterocycles. The van der Waals surface area contributed by atoms with Gasteiger partial charge in [0.15, 0.2) is 0 Å². The Morgan fingerprint density at radius 2 is 2.00 bits per heavy atom. The Morgan fingerprint density at radius 3 is 2.62 bits per heavy atom. The Morgan fingerprint density at radius 1 is 1.31 bits per heavy atom. The van der Waals surface area contributed by atoms with Gasteiger partial charge in [0.1, 0.15) is 0 Å². The maximum Gasteiger partial charge on any atom is 0.0867 e. The van der Waals surface area contributed by atoms with Crippen LogP contribution in [-0.4, -0.2) is 18.1 Å². The molecule has 0 saturated carbocycles. The van der Waals surface area contributed by atoms with Gasteiger partial charge in [-0.25, -0.2) is 0 Å². The van der Waals surface area contributed by atoms with Crippen molar-refractivity contribution in [3.63, 3.8) is 0 Å². The van der Waals surface area contributed by atoms with Crippen LogP contribution in [0.1, 0.15) is 5.56 Å². The number of thiocarbonyl (C=S) groups is 1. The van der Waals surface area contributed by atoms with E-state index in [1.54, 1.807) is 0 Å². The molecule has 1 aromatic rings. The molecule has 0 bridgehead atoms. The van der Waals surface area contributed by atoms with E-state index in [1.807, 2.05) is 18.2 Å². The summed E-state index contributed by atoms with van der Waals surface area (Å²) in [6.45, 7) is 1.55. The minimum Gasteiger partial charge on any atom is -0.392 e. The van der Waals surface area contributed by atoms with Crippen LogP contribution in [-0.2, 0) is 6.42 Å². The van der Waals surface area contributed by atoms with Gasteiger partial charge in [0, 0.05) is 6.54 Å². The van der Waals surface area contributed by atoms with Gasteiger partial charge in [-0.15, -0.1) is 0 Å². The minimum absolute atomic E-state index is 0.521. The summed E-state index contributed by atoms with van der Waals surface area (Å²) in [5, 5.41) is 3.17. The van der Waals surface area contributed by atoms with Crippen LogP contribution in [0.2, 0.25) is 0 Å². The number of hydrogen-bond donors (Lipinski definition) is 2. The largest absolute Gasteiger partial charge is 0.392 e. The maximum atomic E-state index is 5.34. The lowest BCUT2D eigenvalue weighted by molar-refractivity contribution is 0.759. The number of rotatable bonds is 5. The number of benzene rings is 1. The highest BCUT2D eigenvalue weighted by molar-refractivity contribution is 7.80. The van der Waals surface area contributed by atoms with E-state index in [0.29, 0.717) is 11.5 Å². The summed E-state index contributed by atoms with van der Waals surface area (Å²) in [5.41, 5.74) is 6.67. The van der Waals surface area contributed by atoms with Crippen molar-refractivity contribution < 1.29 is 0 Å². The molecule has 13 heavy (non-hydrogen) atoms. The summed E-state index contributed by atoms with van der Waals surface area (Å²) < 4.78 is 0. The molecule has 2 nitrogen and oxygen atoms in total. The summed E-state index contributed by atoms with van der Waals surface area (Å²) in [6, 6.07) is 10.3. The van der Waals surface area contributed by atoms with Gasteiger partial charge >= 0.3 is 0 Å². The monoisotopic (exact) mass is 194 g/mol. The molecule has 0 spiro atoms. The van der Waals surface area contributed by atoms with E-state index in [0.717, 1.165) is 13.0 Å². The van der Waals surface area contributed by atoms with Gasteiger partial charge in [-0.2, -0.15) is 0 Å². The molecule has 1 rings (SSSR count). The van der Waals surface area contributed by atoms with Crippen LogP contribution >= 0.6 is 12.2 Å². The van der Waals surface area contributed by atoms with Crippen LogP contribution in [0.25, 0.3) is 0 Å². The van der Waals surface area contributed by atoms with Crippen molar-refractivity contribution in [1.82, 2.24) is 5.32 Å². The van der Waals surface area contributed by atoms with Crippen molar-refractivity contribution in [2.24, 2.45) is 5.73 Å². The fraction of sp³-hybridized carbons (Fsp3) is 0.300. The van der Waals surface area contributed by atoms with Gasteiger partial charge < -0.3 is 11.1 Å². The van der Waals surface area contributed by atoms with Gasteiger partial charge in [-0.1, -0.05) is 42.5 Å². The van der Waals surface area contributed by atoms with E-state index in [4.69, 9.17) is 18.0 Å². The van der Waals surface area contributed by atoms with Gasteiger partial charge in [0.2, 0.25) is 0 Å². The SMILES string of the molecule is NC(=S)CNCCc1ccccc1. The van der Waals surface area contributed by atoms with E-state index in [9.17, 15) is 0 Å². The molecule has 0 aliphatic heterocycles. The zero-order valence-corrected chi connectivity index (χ0v) is 8.31. The molecule has 0 saturated heterocycles. The average Bonchev–Trinajstić information content (AvgIpc) is 2.14. The Labute approximate surface area is 84.1 Å². The summed E-state index contributed by atoms with van der Waals surface area (Å²) in [4.78, 5) is 0.521. The lowest BCUT2D eigenvalue weighted by Crippen LogP contribution is -2.28. The quantitative estimate of drug-likeness (QED) is 0.544. The van der Waals surface area contributed by atoms with Crippen LogP contribution in [0, 0.1) is 0 Å². The standard InChI is InChI=1S/C10H14N2S/c11-10(13)8-12-7-6-9-4-2-1-3-5-9/h1-5,12H,6-8H2,(H2,11,13). The summed E-state index contributed by atoms with van der Waals surface area (Å²) >= 11 is 4.74. The van der Waals surface area contributed by atoms with Crippen molar-refractivity contribution in [2.45, 2.75) is 6.42 Å². The van der Waals surface area contributed by atoms with Crippen molar-refractivity contribution in [3.8, 4) is 0 Å². The predicted octanol–water partition coefficient (Wildman–Crippen LogP) is 1.10. The highest BCUT2D eigenvalue weighted by Gasteiger charge is 1.91. The number of nitrogens with two attached hydrogens (primary N) is 1. The second kappa shape index (κ2) is 5.67. The first-order valence-corrected chi connectivity index (χ1v) is 4.73. The highest BCUT2D eigenvalue weighted by Crippen LogP contribution is 1.97. The minimum atomic E-state index is 0.521. The molecule has 0 heterocycles. The topological polar surface area (TPSA) is 38.0 Å². The zero-order chi connectivity index (χ0) is 9.52. The number of hydrogen-bond acceptors (Lipinski definition) is 2. The predicted molar refractivity (Wildman–Crippen MR) is 59.8 cm³/mol. The Hall–Kier alpha value is -0.930. The molecule has 1 aromatic carbocycles. The van der Waals surface area contributed by atoms with Crippen LogP contribution in [0.3, 0.4) is 0 Å². The van der Waals surface area contributed by atoms with Gasteiger partial charge in [-0.3, -0.25) is 0 Å². The molecule has 0 unspecified atom stereocenters. The first-order chi connectivity index (χ1) is 6.29. The third-order valence-electron chi connectivity index (χ3n) is 1.73. The van der Waals surface area contributed by atoms with E-state index in [1.165, 1.54) is 5.56 Å². The summed E-state index contributed by atoms with van der Waals surface area (Å²) in [7, 11) is 0. The van der Waals surface area contributed by atoms with Gasteiger partial charge in [0.25, 0.3) is 0 Å². The van der Waals surface area contributed by atoms with Crippen LogP contribution < -0.4 is 11.1 Å². The van der Waals surface area contributed by atoms with Crippen LogP contribution in [0.5, 0.6) is 0 Å². The smallest absolute Gasteiger partial charge is 0.0867 e. The Bertz CT molecular complexity index is 259. The van der Waals surface area contributed by atoms with Crippen molar-refractivity contribution in [2.75, 3.05) is 13.1 Å². The molecular weight excluding hydrogens is 180 g/mol. The Balaban J connectivity index is 2.17. The van der Waals surface area contributed by atoms with E-state index >= 15 is 0 Å². The van der Waals surface area contributed by atoms with Gasteiger partial charge in [0.05, 0.1) is 4.99 Å². The molecule has 0 atom stereocenters. The van der Waals surface area contributed by atoms with Crippen molar-refractivity contribution in [1.29, 1.82) is 0 Å². The van der Waals surface area contributed by atoms with Crippen molar-refractivity contribution in [3.05, 3.63) is 35.9 Å². The first-order valence-electron chi connectivity index (χ1n) is 4.32. The Kier molecular flexibility index (Phi) is 4.43. The second-order valence-electron chi connectivity index (χ2n) is 2.88. The lowest BCUT2D eigenvalue weighted by atomic mass is 10.1. The maximum absolute atomic E-state index is 5.34. The third kappa shape index (κ3) is 4.60.